The number of nitrogens with zero attached hydrogens (tertiary/aromatic N) is 1. The van der Waals surface area contributed by atoms with Crippen LogP contribution in [-0.2, 0) is 9.53 Å². The Labute approximate surface area is 98.3 Å². The van der Waals surface area contributed by atoms with E-state index in [2.05, 4.69) is 15.9 Å². The maximum absolute atomic E-state index is 11.7. The van der Waals surface area contributed by atoms with Crippen LogP contribution >= 0.6 is 15.9 Å². The second-order valence-corrected chi connectivity index (χ2v) is 6.02. The van der Waals surface area contributed by atoms with Crippen molar-refractivity contribution in [2.45, 2.75) is 42.7 Å². The molecule has 0 aliphatic carbocycles. The molecule has 0 spiro atoms. The van der Waals surface area contributed by atoms with Gasteiger partial charge in [-0.25, -0.2) is 0 Å². The number of carbonyl (C=O) groups excluding carboxylic acids is 1. The van der Waals surface area contributed by atoms with Crippen LogP contribution in [0.4, 0.5) is 0 Å². The predicted octanol–water partition coefficient (Wildman–Crippen LogP) is 1.55. The maximum atomic E-state index is 11.7. The molecule has 15 heavy (non-hydrogen) atoms. The largest absolute Gasteiger partial charge is 0.375 e. The van der Waals surface area contributed by atoms with Gasteiger partial charge >= 0.3 is 0 Å². The van der Waals surface area contributed by atoms with Crippen LogP contribution in [0.25, 0.3) is 0 Å². The van der Waals surface area contributed by atoms with Crippen LogP contribution in [0.3, 0.4) is 0 Å². The number of fused-ring (bicyclic) bond motifs is 2. The van der Waals surface area contributed by atoms with E-state index in [0.29, 0.717) is 18.1 Å². The quantitative estimate of drug-likeness (QED) is 0.715. The average Bonchev–Trinajstić information content (AvgIpc) is 2.89. The van der Waals surface area contributed by atoms with Crippen molar-refractivity contribution in [2.24, 2.45) is 5.92 Å². The van der Waals surface area contributed by atoms with Crippen molar-refractivity contribution in [1.29, 1.82) is 0 Å². The zero-order valence-electron chi connectivity index (χ0n) is 8.69. The van der Waals surface area contributed by atoms with Crippen LogP contribution in [0.2, 0.25) is 0 Å². The lowest BCUT2D eigenvalue weighted by Crippen LogP contribution is -2.35. The van der Waals surface area contributed by atoms with Gasteiger partial charge in [-0.2, -0.15) is 0 Å². The molecule has 3 nitrogen and oxygen atoms in total. The van der Waals surface area contributed by atoms with Crippen molar-refractivity contribution in [1.82, 2.24) is 4.90 Å². The second-order valence-electron chi connectivity index (χ2n) is 4.91. The Morgan fingerprint density at radius 1 is 1.40 bits per heavy atom. The molecule has 3 aliphatic rings. The Morgan fingerprint density at radius 3 is 2.80 bits per heavy atom. The van der Waals surface area contributed by atoms with Crippen LogP contribution in [0.15, 0.2) is 0 Å². The summed E-state index contributed by atoms with van der Waals surface area (Å²) in [4.78, 5) is 13.8. The van der Waals surface area contributed by atoms with Crippen molar-refractivity contribution in [3.63, 3.8) is 0 Å². The van der Waals surface area contributed by atoms with Gasteiger partial charge in [0.15, 0.2) is 0 Å². The third-order valence-electron chi connectivity index (χ3n) is 3.92. The van der Waals surface area contributed by atoms with Gasteiger partial charge in [0.05, 0.1) is 17.0 Å². The van der Waals surface area contributed by atoms with Crippen molar-refractivity contribution in [3.8, 4) is 0 Å². The molecular weight excluding hydrogens is 258 g/mol. The normalized spacial score (nSPS) is 44.3. The van der Waals surface area contributed by atoms with Crippen LogP contribution < -0.4 is 0 Å². The van der Waals surface area contributed by atoms with Gasteiger partial charge in [-0.15, -0.1) is 0 Å². The minimum absolute atomic E-state index is 0.0667. The summed E-state index contributed by atoms with van der Waals surface area (Å²) >= 11 is 3.41. The highest BCUT2D eigenvalue weighted by Crippen LogP contribution is 2.39. The Hall–Kier alpha value is -0.0900. The predicted molar refractivity (Wildman–Crippen MR) is 59.9 cm³/mol. The van der Waals surface area contributed by atoms with Gasteiger partial charge in [-0.1, -0.05) is 15.9 Å². The lowest BCUT2D eigenvalue weighted by Gasteiger charge is -2.24. The number of rotatable bonds is 2. The number of likely N-dealkylation sites (tertiary alicyclic amines) is 1. The lowest BCUT2D eigenvalue weighted by atomic mass is 9.89. The zero-order chi connectivity index (χ0) is 10.4. The molecule has 4 unspecified atom stereocenters. The molecule has 3 heterocycles. The van der Waals surface area contributed by atoms with E-state index in [1.807, 2.05) is 4.90 Å². The first-order chi connectivity index (χ1) is 7.24. The van der Waals surface area contributed by atoms with E-state index in [1.165, 1.54) is 19.3 Å². The van der Waals surface area contributed by atoms with Gasteiger partial charge < -0.3 is 9.64 Å². The van der Waals surface area contributed by atoms with Gasteiger partial charge in [-0.3, -0.25) is 4.79 Å². The molecule has 3 aliphatic heterocycles. The Balaban J connectivity index is 1.60. The van der Waals surface area contributed by atoms with E-state index in [-0.39, 0.29) is 10.7 Å². The van der Waals surface area contributed by atoms with E-state index in [0.717, 1.165) is 19.5 Å². The summed E-state index contributed by atoms with van der Waals surface area (Å²) in [5.74, 6) is 0.878. The minimum atomic E-state index is 0.0667. The molecule has 1 amide bonds. The van der Waals surface area contributed by atoms with Crippen molar-refractivity contribution < 1.29 is 9.53 Å². The summed E-state index contributed by atoms with van der Waals surface area (Å²) in [6.45, 7) is 1.84. The lowest BCUT2D eigenvalue weighted by molar-refractivity contribution is -0.127. The van der Waals surface area contributed by atoms with E-state index >= 15 is 0 Å². The summed E-state index contributed by atoms with van der Waals surface area (Å²) in [7, 11) is 0. The number of hydrogen-bond donors (Lipinski definition) is 0. The van der Waals surface area contributed by atoms with Crippen molar-refractivity contribution in [2.75, 3.05) is 13.1 Å². The summed E-state index contributed by atoms with van der Waals surface area (Å²) in [5.41, 5.74) is 0. The molecule has 0 radical (unpaired) electrons. The van der Waals surface area contributed by atoms with E-state index in [1.54, 1.807) is 0 Å². The zero-order valence-corrected chi connectivity index (χ0v) is 10.3. The van der Waals surface area contributed by atoms with E-state index < -0.39 is 0 Å². The van der Waals surface area contributed by atoms with Crippen LogP contribution in [0.1, 0.15) is 25.7 Å². The van der Waals surface area contributed by atoms with Crippen LogP contribution in [-0.4, -0.2) is 40.9 Å². The van der Waals surface area contributed by atoms with Gasteiger partial charge in [0.1, 0.15) is 0 Å². The number of alkyl halides is 1. The molecular formula is C11H16BrNO2. The first-order valence-electron chi connectivity index (χ1n) is 5.82. The number of ether oxygens (including phenoxy) is 1. The summed E-state index contributed by atoms with van der Waals surface area (Å²) in [5, 5.41) is 0. The Bertz CT molecular complexity index is 284. The van der Waals surface area contributed by atoms with Gasteiger partial charge in [0, 0.05) is 19.0 Å². The number of carbonyl (C=O) groups is 1. The Morgan fingerprint density at radius 2 is 2.27 bits per heavy atom. The van der Waals surface area contributed by atoms with Crippen LogP contribution in [0, 0.1) is 5.92 Å². The SMILES string of the molecule is O=C1C(Br)CCN1CC1CC2CCC1O2. The summed E-state index contributed by atoms with van der Waals surface area (Å²) < 4.78 is 5.81. The number of halogens is 1. The summed E-state index contributed by atoms with van der Waals surface area (Å²) in [6, 6.07) is 0. The number of hydrogen-bond acceptors (Lipinski definition) is 2. The topological polar surface area (TPSA) is 29.5 Å². The molecule has 3 fully saturated rings. The molecule has 3 saturated heterocycles. The molecule has 0 saturated carbocycles. The maximum Gasteiger partial charge on any atom is 0.236 e. The highest BCUT2D eigenvalue weighted by Gasteiger charge is 2.42. The van der Waals surface area contributed by atoms with Crippen molar-refractivity contribution in [3.05, 3.63) is 0 Å². The van der Waals surface area contributed by atoms with Crippen LogP contribution in [0.5, 0.6) is 0 Å². The molecule has 0 N–H and O–H groups in total. The average molecular weight is 274 g/mol. The van der Waals surface area contributed by atoms with Gasteiger partial charge in [-0.05, 0) is 25.7 Å². The number of amides is 1. The standard InChI is InChI=1S/C11H16BrNO2/c12-9-3-4-13(11(9)14)6-7-5-8-1-2-10(7)15-8/h7-10H,1-6H2. The Kier molecular flexibility index (Phi) is 2.51. The highest BCUT2D eigenvalue weighted by atomic mass is 79.9. The van der Waals surface area contributed by atoms with E-state index in [9.17, 15) is 4.79 Å². The molecule has 2 bridgehead atoms. The minimum Gasteiger partial charge on any atom is -0.375 e. The monoisotopic (exact) mass is 273 g/mol. The van der Waals surface area contributed by atoms with Crippen molar-refractivity contribution >= 4 is 21.8 Å². The molecule has 4 heteroatoms. The molecule has 3 rings (SSSR count). The fourth-order valence-corrected chi connectivity index (χ4v) is 3.59. The smallest absolute Gasteiger partial charge is 0.236 e. The molecule has 0 aromatic rings. The fourth-order valence-electron chi connectivity index (χ4n) is 3.10. The fraction of sp³-hybridized carbons (Fsp3) is 0.909. The molecule has 0 aromatic heterocycles. The molecule has 4 atom stereocenters. The first-order valence-corrected chi connectivity index (χ1v) is 6.74. The molecule has 84 valence electrons. The van der Waals surface area contributed by atoms with Gasteiger partial charge in [0.2, 0.25) is 5.91 Å². The summed E-state index contributed by atoms with van der Waals surface area (Å²) in [6.07, 6.45) is 5.50. The third kappa shape index (κ3) is 1.72. The van der Waals surface area contributed by atoms with E-state index in [4.69, 9.17) is 4.74 Å². The van der Waals surface area contributed by atoms with Gasteiger partial charge in [0.25, 0.3) is 0 Å². The molecule has 0 aromatic carbocycles. The highest BCUT2D eigenvalue weighted by molar-refractivity contribution is 9.10. The second kappa shape index (κ2) is 3.74. The first kappa shape index (κ1) is 10.1. The third-order valence-corrected chi connectivity index (χ3v) is 4.77.